The molecule has 0 atom stereocenters. The standard InChI is InChI=1S/C20H20F2N2O2/c21-16-6-4-15(5-7-16)20(26)23-18-8-10-24(11-9-18)19(25)13-14-2-1-3-17(22)12-14/h1-7,12,18H,8-11,13H2,(H,23,26). The lowest BCUT2D eigenvalue weighted by Gasteiger charge is -2.32. The zero-order valence-electron chi connectivity index (χ0n) is 14.3. The van der Waals surface area contributed by atoms with Gasteiger partial charge < -0.3 is 10.2 Å². The molecule has 3 rings (SSSR count). The van der Waals surface area contributed by atoms with Crippen LogP contribution in [0.4, 0.5) is 8.78 Å². The maximum atomic E-state index is 13.2. The summed E-state index contributed by atoms with van der Waals surface area (Å²) in [5, 5.41) is 2.92. The Labute approximate surface area is 150 Å². The lowest BCUT2D eigenvalue weighted by molar-refractivity contribution is -0.131. The fourth-order valence-electron chi connectivity index (χ4n) is 3.08. The van der Waals surface area contributed by atoms with E-state index in [2.05, 4.69) is 5.32 Å². The Kier molecular flexibility index (Phi) is 5.61. The summed E-state index contributed by atoms with van der Waals surface area (Å²) < 4.78 is 26.1. The van der Waals surface area contributed by atoms with Gasteiger partial charge in [-0.05, 0) is 54.8 Å². The summed E-state index contributed by atoms with van der Waals surface area (Å²) in [7, 11) is 0. The van der Waals surface area contributed by atoms with Crippen molar-refractivity contribution < 1.29 is 18.4 Å². The van der Waals surface area contributed by atoms with Crippen molar-refractivity contribution in [2.75, 3.05) is 13.1 Å². The quantitative estimate of drug-likeness (QED) is 0.914. The third-order valence-corrected chi connectivity index (χ3v) is 4.53. The average molecular weight is 358 g/mol. The SMILES string of the molecule is O=C(NC1CCN(C(=O)Cc2cccc(F)c2)CC1)c1ccc(F)cc1. The van der Waals surface area contributed by atoms with Gasteiger partial charge in [-0.1, -0.05) is 12.1 Å². The lowest BCUT2D eigenvalue weighted by atomic mass is 10.0. The van der Waals surface area contributed by atoms with E-state index in [1.165, 1.54) is 36.4 Å². The second-order valence-corrected chi connectivity index (χ2v) is 6.44. The number of carbonyl (C=O) groups is 2. The normalized spacial score (nSPS) is 14.9. The number of halogens is 2. The van der Waals surface area contributed by atoms with Crippen molar-refractivity contribution in [3.63, 3.8) is 0 Å². The second kappa shape index (κ2) is 8.08. The van der Waals surface area contributed by atoms with Gasteiger partial charge in [-0.3, -0.25) is 9.59 Å². The zero-order valence-corrected chi connectivity index (χ0v) is 14.3. The van der Waals surface area contributed by atoms with Crippen LogP contribution in [0.25, 0.3) is 0 Å². The van der Waals surface area contributed by atoms with Gasteiger partial charge in [0, 0.05) is 24.7 Å². The topological polar surface area (TPSA) is 49.4 Å². The average Bonchev–Trinajstić information content (AvgIpc) is 2.63. The predicted octanol–water partition coefficient (Wildman–Crippen LogP) is 2.93. The molecule has 0 spiro atoms. The zero-order chi connectivity index (χ0) is 18.5. The molecular formula is C20H20F2N2O2. The molecule has 2 aromatic rings. The minimum atomic E-state index is -0.383. The van der Waals surface area contributed by atoms with Gasteiger partial charge in [0.2, 0.25) is 5.91 Å². The van der Waals surface area contributed by atoms with Crippen LogP contribution in [0.5, 0.6) is 0 Å². The van der Waals surface area contributed by atoms with Crippen molar-refractivity contribution in [3.8, 4) is 0 Å². The molecule has 0 unspecified atom stereocenters. The summed E-state index contributed by atoms with van der Waals surface area (Å²) in [6.45, 7) is 1.09. The van der Waals surface area contributed by atoms with Crippen LogP contribution in [0, 0.1) is 11.6 Å². The minimum absolute atomic E-state index is 0.0224. The van der Waals surface area contributed by atoms with Crippen molar-refractivity contribution in [2.24, 2.45) is 0 Å². The molecule has 2 aromatic carbocycles. The van der Waals surface area contributed by atoms with E-state index < -0.39 is 0 Å². The lowest BCUT2D eigenvalue weighted by Crippen LogP contribution is -2.47. The van der Waals surface area contributed by atoms with Gasteiger partial charge in [0.25, 0.3) is 5.91 Å². The Bertz CT molecular complexity index is 785. The fourth-order valence-corrected chi connectivity index (χ4v) is 3.08. The highest BCUT2D eigenvalue weighted by atomic mass is 19.1. The van der Waals surface area contributed by atoms with Gasteiger partial charge in [0.15, 0.2) is 0 Å². The Morgan fingerprint density at radius 2 is 1.69 bits per heavy atom. The first kappa shape index (κ1) is 18.0. The largest absolute Gasteiger partial charge is 0.349 e. The second-order valence-electron chi connectivity index (χ2n) is 6.44. The van der Waals surface area contributed by atoms with Crippen molar-refractivity contribution >= 4 is 11.8 Å². The number of nitrogens with zero attached hydrogens (tertiary/aromatic N) is 1. The molecule has 1 saturated heterocycles. The summed E-state index contributed by atoms with van der Waals surface area (Å²) in [5.41, 5.74) is 1.07. The number of benzene rings is 2. The molecule has 0 bridgehead atoms. The van der Waals surface area contributed by atoms with E-state index in [9.17, 15) is 18.4 Å². The first-order valence-electron chi connectivity index (χ1n) is 8.60. The molecule has 26 heavy (non-hydrogen) atoms. The number of nitrogens with one attached hydrogen (secondary N) is 1. The number of hydrogen-bond donors (Lipinski definition) is 1. The van der Waals surface area contributed by atoms with Gasteiger partial charge >= 0.3 is 0 Å². The number of likely N-dealkylation sites (tertiary alicyclic amines) is 1. The Hall–Kier alpha value is -2.76. The molecule has 4 nitrogen and oxygen atoms in total. The van der Waals surface area contributed by atoms with Gasteiger partial charge in [-0.15, -0.1) is 0 Å². The monoisotopic (exact) mass is 358 g/mol. The molecule has 1 fully saturated rings. The van der Waals surface area contributed by atoms with Crippen LogP contribution in [0.15, 0.2) is 48.5 Å². The van der Waals surface area contributed by atoms with Gasteiger partial charge in [0.1, 0.15) is 11.6 Å². The number of hydrogen-bond acceptors (Lipinski definition) is 2. The van der Waals surface area contributed by atoms with Gasteiger partial charge in [0.05, 0.1) is 6.42 Å². The van der Waals surface area contributed by atoms with Crippen LogP contribution in [-0.4, -0.2) is 35.8 Å². The summed E-state index contributed by atoms with van der Waals surface area (Å²) in [6, 6.07) is 11.4. The maximum Gasteiger partial charge on any atom is 0.251 e. The van der Waals surface area contributed by atoms with Crippen LogP contribution >= 0.6 is 0 Å². The van der Waals surface area contributed by atoms with Crippen molar-refractivity contribution in [1.29, 1.82) is 0 Å². The molecule has 0 aliphatic carbocycles. The van der Waals surface area contributed by atoms with E-state index in [-0.39, 0.29) is 35.9 Å². The van der Waals surface area contributed by atoms with Crippen LogP contribution in [0.2, 0.25) is 0 Å². The smallest absolute Gasteiger partial charge is 0.251 e. The molecule has 136 valence electrons. The highest BCUT2D eigenvalue weighted by Gasteiger charge is 2.24. The predicted molar refractivity (Wildman–Crippen MR) is 93.6 cm³/mol. The van der Waals surface area contributed by atoms with Crippen molar-refractivity contribution in [2.45, 2.75) is 25.3 Å². The number of rotatable bonds is 4. The van der Waals surface area contributed by atoms with Crippen LogP contribution in [-0.2, 0) is 11.2 Å². The van der Waals surface area contributed by atoms with Crippen molar-refractivity contribution in [1.82, 2.24) is 10.2 Å². The van der Waals surface area contributed by atoms with E-state index >= 15 is 0 Å². The van der Waals surface area contributed by atoms with Crippen LogP contribution in [0.1, 0.15) is 28.8 Å². The van der Waals surface area contributed by atoms with E-state index in [1.807, 2.05) is 0 Å². The molecule has 0 aromatic heterocycles. The first-order valence-corrected chi connectivity index (χ1v) is 8.60. The molecule has 0 saturated carbocycles. The molecule has 1 aliphatic heterocycles. The minimum Gasteiger partial charge on any atom is -0.349 e. The van der Waals surface area contributed by atoms with Gasteiger partial charge in [-0.2, -0.15) is 0 Å². The third kappa shape index (κ3) is 4.65. The first-order chi connectivity index (χ1) is 12.5. The molecule has 1 heterocycles. The number of carbonyl (C=O) groups excluding carboxylic acids is 2. The highest BCUT2D eigenvalue weighted by Crippen LogP contribution is 2.14. The summed E-state index contributed by atoms with van der Waals surface area (Å²) >= 11 is 0. The van der Waals surface area contributed by atoms with E-state index in [0.29, 0.717) is 37.1 Å². The fraction of sp³-hybridized carbons (Fsp3) is 0.300. The Balaban J connectivity index is 1.48. The summed E-state index contributed by atoms with van der Waals surface area (Å²) in [5.74, 6) is -1.02. The van der Waals surface area contributed by atoms with E-state index in [0.717, 1.165) is 0 Å². The van der Waals surface area contributed by atoms with E-state index in [1.54, 1.807) is 17.0 Å². The molecule has 2 amide bonds. The molecular weight excluding hydrogens is 338 g/mol. The van der Waals surface area contributed by atoms with Gasteiger partial charge in [-0.25, -0.2) is 8.78 Å². The molecule has 1 aliphatic rings. The van der Waals surface area contributed by atoms with Crippen LogP contribution < -0.4 is 5.32 Å². The molecule has 6 heteroatoms. The van der Waals surface area contributed by atoms with Crippen LogP contribution in [0.3, 0.4) is 0 Å². The number of piperidine rings is 1. The molecule has 1 N–H and O–H groups in total. The Morgan fingerprint density at radius 1 is 1.00 bits per heavy atom. The third-order valence-electron chi connectivity index (χ3n) is 4.53. The number of amides is 2. The summed E-state index contributed by atoms with van der Waals surface area (Å²) in [6.07, 6.45) is 1.48. The van der Waals surface area contributed by atoms with Crippen molar-refractivity contribution in [3.05, 3.63) is 71.3 Å². The highest BCUT2D eigenvalue weighted by molar-refractivity contribution is 5.94. The summed E-state index contributed by atoms with van der Waals surface area (Å²) in [4.78, 5) is 26.2. The Morgan fingerprint density at radius 3 is 2.35 bits per heavy atom. The van der Waals surface area contributed by atoms with E-state index in [4.69, 9.17) is 0 Å². The molecule has 0 radical (unpaired) electrons. The maximum absolute atomic E-state index is 13.2.